The van der Waals surface area contributed by atoms with Crippen LogP contribution in [-0.2, 0) is 16.7 Å². The van der Waals surface area contributed by atoms with Crippen LogP contribution in [0.3, 0.4) is 0 Å². The van der Waals surface area contributed by atoms with Gasteiger partial charge in [-0.15, -0.1) is 10.2 Å². The molecule has 1 aromatic heterocycles. The first kappa shape index (κ1) is 15.1. The predicted molar refractivity (Wildman–Crippen MR) is 82.1 cm³/mol. The molecule has 0 radical (unpaired) electrons. The minimum atomic E-state index is -0.107. The molecule has 0 atom stereocenters. The van der Waals surface area contributed by atoms with Gasteiger partial charge >= 0.3 is 0 Å². The van der Waals surface area contributed by atoms with Gasteiger partial charge in [-0.1, -0.05) is 41.7 Å². The molecule has 0 saturated heterocycles. The number of methoxy groups -OCH3 is 1. The van der Waals surface area contributed by atoms with Crippen molar-refractivity contribution in [2.45, 2.75) is 25.8 Å². The molecular formula is C15H21N3OS. The predicted octanol–water partition coefficient (Wildman–Crippen LogP) is 2.60. The van der Waals surface area contributed by atoms with Gasteiger partial charge in [-0.25, -0.2) is 0 Å². The zero-order valence-corrected chi connectivity index (χ0v) is 13.0. The van der Waals surface area contributed by atoms with E-state index < -0.39 is 0 Å². The van der Waals surface area contributed by atoms with Crippen LogP contribution in [0, 0.1) is 0 Å². The van der Waals surface area contributed by atoms with Gasteiger partial charge in [-0.05, 0) is 19.4 Å². The van der Waals surface area contributed by atoms with E-state index in [-0.39, 0.29) is 5.41 Å². The summed E-state index contributed by atoms with van der Waals surface area (Å²) in [6.45, 7) is 6.65. The molecule has 0 fully saturated rings. The Labute approximate surface area is 124 Å². The van der Waals surface area contributed by atoms with Crippen molar-refractivity contribution in [2.24, 2.45) is 0 Å². The fourth-order valence-corrected chi connectivity index (χ4v) is 2.86. The molecule has 0 bridgehead atoms. The summed E-state index contributed by atoms with van der Waals surface area (Å²) in [7, 11) is 1.70. The SMILES string of the molecule is COCCNCc1nnc(C(C)(C)c2ccccc2)s1. The van der Waals surface area contributed by atoms with Crippen LogP contribution >= 0.6 is 11.3 Å². The summed E-state index contributed by atoms with van der Waals surface area (Å²) in [4.78, 5) is 0. The highest BCUT2D eigenvalue weighted by Gasteiger charge is 2.27. The molecule has 1 heterocycles. The zero-order chi connectivity index (χ0) is 14.4. The Hall–Kier alpha value is -1.30. The van der Waals surface area contributed by atoms with E-state index in [1.165, 1.54) is 5.56 Å². The molecule has 0 unspecified atom stereocenters. The third kappa shape index (κ3) is 3.62. The monoisotopic (exact) mass is 291 g/mol. The first-order chi connectivity index (χ1) is 9.64. The van der Waals surface area contributed by atoms with E-state index in [2.05, 4.69) is 53.6 Å². The van der Waals surface area contributed by atoms with Crippen LogP contribution in [-0.4, -0.2) is 30.5 Å². The Kier molecular flexibility index (Phi) is 5.23. The van der Waals surface area contributed by atoms with Gasteiger partial charge in [0.1, 0.15) is 10.0 Å². The average Bonchev–Trinajstić information content (AvgIpc) is 2.94. The van der Waals surface area contributed by atoms with E-state index in [1.54, 1.807) is 18.4 Å². The molecule has 0 aliphatic rings. The summed E-state index contributed by atoms with van der Waals surface area (Å²) >= 11 is 1.67. The lowest BCUT2D eigenvalue weighted by Gasteiger charge is -2.21. The van der Waals surface area contributed by atoms with Gasteiger partial charge in [0.15, 0.2) is 0 Å². The summed E-state index contributed by atoms with van der Waals surface area (Å²) in [5, 5.41) is 14.0. The lowest BCUT2D eigenvalue weighted by atomic mass is 9.85. The number of benzene rings is 1. The zero-order valence-electron chi connectivity index (χ0n) is 12.2. The largest absolute Gasteiger partial charge is 0.383 e. The molecule has 0 saturated carbocycles. The molecule has 0 spiro atoms. The Bertz CT molecular complexity index is 525. The van der Waals surface area contributed by atoms with E-state index in [1.807, 2.05) is 6.07 Å². The minimum Gasteiger partial charge on any atom is -0.383 e. The summed E-state index contributed by atoms with van der Waals surface area (Å²) in [5.41, 5.74) is 1.15. The van der Waals surface area contributed by atoms with Gasteiger partial charge in [0.2, 0.25) is 0 Å². The van der Waals surface area contributed by atoms with Crippen LogP contribution in [0.2, 0.25) is 0 Å². The van der Waals surface area contributed by atoms with E-state index in [0.717, 1.165) is 23.1 Å². The van der Waals surface area contributed by atoms with Crippen molar-refractivity contribution in [1.29, 1.82) is 0 Å². The molecular weight excluding hydrogens is 270 g/mol. The Morgan fingerprint density at radius 3 is 2.65 bits per heavy atom. The molecule has 1 aromatic carbocycles. The van der Waals surface area contributed by atoms with Gasteiger partial charge < -0.3 is 10.1 Å². The van der Waals surface area contributed by atoms with Gasteiger partial charge in [-0.3, -0.25) is 0 Å². The van der Waals surface area contributed by atoms with Gasteiger partial charge in [0.25, 0.3) is 0 Å². The van der Waals surface area contributed by atoms with Crippen molar-refractivity contribution >= 4 is 11.3 Å². The summed E-state index contributed by atoms with van der Waals surface area (Å²) in [6.07, 6.45) is 0. The van der Waals surface area contributed by atoms with Crippen LogP contribution in [0.15, 0.2) is 30.3 Å². The summed E-state index contributed by atoms with van der Waals surface area (Å²) < 4.78 is 5.00. The molecule has 0 amide bonds. The molecule has 5 heteroatoms. The van der Waals surface area contributed by atoms with Gasteiger partial charge in [0.05, 0.1) is 6.61 Å². The summed E-state index contributed by atoms with van der Waals surface area (Å²) in [6, 6.07) is 10.4. The molecule has 0 aliphatic carbocycles. The number of aromatic nitrogens is 2. The van der Waals surface area contributed by atoms with Crippen LogP contribution < -0.4 is 5.32 Å². The van der Waals surface area contributed by atoms with Crippen molar-refractivity contribution in [2.75, 3.05) is 20.3 Å². The van der Waals surface area contributed by atoms with Crippen LogP contribution in [0.1, 0.15) is 29.4 Å². The average molecular weight is 291 g/mol. The first-order valence-corrected chi connectivity index (χ1v) is 7.54. The van der Waals surface area contributed by atoms with Gasteiger partial charge in [-0.2, -0.15) is 0 Å². The van der Waals surface area contributed by atoms with E-state index in [4.69, 9.17) is 4.74 Å². The van der Waals surface area contributed by atoms with Crippen molar-refractivity contribution in [3.05, 3.63) is 45.9 Å². The third-order valence-electron chi connectivity index (χ3n) is 3.26. The minimum absolute atomic E-state index is 0.107. The molecule has 20 heavy (non-hydrogen) atoms. The number of ether oxygens (including phenoxy) is 1. The lowest BCUT2D eigenvalue weighted by Crippen LogP contribution is -2.18. The highest BCUT2D eigenvalue weighted by Crippen LogP contribution is 2.33. The van der Waals surface area contributed by atoms with Crippen LogP contribution in [0.4, 0.5) is 0 Å². The van der Waals surface area contributed by atoms with Crippen molar-refractivity contribution in [3.63, 3.8) is 0 Å². The number of rotatable bonds is 7. The highest BCUT2D eigenvalue weighted by molar-refractivity contribution is 7.11. The second-order valence-corrected chi connectivity index (χ2v) is 6.22. The molecule has 0 aliphatic heterocycles. The second kappa shape index (κ2) is 6.92. The fraction of sp³-hybridized carbons (Fsp3) is 0.467. The Morgan fingerprint density at radius 2 is 1.95 bits per heavy atom. The molecule has 2 rings (SSSR count). The van der Waals surface area contributed by atoms with Crippen molar-refractivity contribution < 1.29 is 4.74 Å². The quantitative estimate of drug-likeness (QED) is 0.797. The van der Waals surface area contributed by atoms with Crippen LogP contribution in [0.5, 0.6) is 0 Å². The van der Waals surface area contributed by atoms with E-state index in [0.29, 0.717) is 6.61 Å². The smallest absolute Gasteiger partial charge is 0.131 e. The lowest BCUT2D eigenvalue weighted by molar-refractivity contribution is 0.199. The van der Waals surface area contributed by atoms with Gasteiger partial charge in [0, 0.05) is 25.6 Å². The van der Waals surface area contributed by atoms with E-state index >= 15 is 0 Å². The topological polar surface area (TPSA) is 47.0 Å². The number of nitrogens with zero attached hydrogens (tertiary/aromatic N) is 2. The summed E-state index contributed by atoms with van der Waals surface area (Å²) in [5.74, 6) is 0. The number of hydrogen-bond donors (Lipinski definition) is 1. The maximum atomic E-state index is 5.00. The normalized spacial score (nSPS) is 11.8. The second-order valence-electron chi connectivity index (χ2n) is 5.16. The Balaban J connectivity index is 2.04. The molecule has 1 N–H and O–H groups in total. The molecule has 4 nitrogen and oxygen atoms in total. The maximum Gasteiger partial charge on any atom is 0.131 e. The third-order valence-corrected chi connectivity index (χ3v) is 4.50. The molecule has 2 aromatic rings. The number of nitrogens with one attached hydrogen (secondary N) is 1. The number of hydrogen-bond acceptors (Lipinski definition) is 5. The first-order valence-electron chi connectivity index (χ1n) is 6.72. The Morgan fingerprint density at radius 1 is 1.20 bits per heavy atom. The highest BCUT2D eigenvalue weighted by atomic mass is 32.1. The van der Waals surface area contributed by atoms with Crippen molar-refractivity contribution in [3.8, 4) is 0 Å². The standard InChI is InChI=1S/C15H21N3OS/c1-15(2,12-7-5-4-6-8-12)14-18-17-13(20-14)11-16-9-10-19-3/h4-8,16H,9-11H2,1-3H3. The van der Waals surface area contributed by atoms with Crippen molar-refractivity contribution in [1.82, 2.24) is 15.5 Å². The molecule has 108 valence electrons. The van der Waals surface area contributed by atoms with Crippen LogP contribution in [0.25, 0.3) is 0 Å². The maximum absolute atomic E-state index is 5.00. The fourth-order valence-electron chi connectivity index (χ4n) is 1.93. The van der Waals surface area contributed by atoms with E-state index in [9.17, 15) is 0 Å².